The lowest BCUT2D eigenvalue weighted by atomic mass is 10.0. The molecule has 0 heterocycles. The number of hydrogen-bond donors (Lipinski definition) is 1. The van der Waals surface area contributed by atoms with Gasteiger partial charge in [-0.2, -0.15) is 0 Å². The summed E-state index contributed by atoms with van der Waals surface area (Å²) in [5.41, 5.74) is 1.80. The van der Waals surface area contributed by atoms with Crippen LogP contribution in [0.1, 0.15) is 31.4 Å². The van der Waals surface area contributed by atoms with Crippen molar-refractivity contribution in [3.63, 3.8) is 0 Å². The van der Waals surface area contributed by atoms with Crippen LogP contribution in [-0.2, 0) is 22.6 Å². The van der Waals surface area contributed by atoms with E-state index in [-0.39, 0.29) is 31.0 Å². The number of halogens is 2. The number of carbonyl (C=O) groups is 2. The van der Waals surface area contributed by atoms with Gasteiger partial charge in [0, 0.05) is 28.5 Å². The van der Waals surface area contributed by atoms with Crippen molar-refractivity contribution in [1.29, 1.82) is 0 Å². The van der Waals surface area contributed by atoms with Gasteiger partial charge in [-0.3, -0.25) is 9.59 Å². The summed E-state index contributed by atoms with van der Waals surface area (Å²) in [6.45, 7) is 4.01. The Hall–Kier alpha value is -2.83. The summed E-state index contributed by atoms with van der Waals surface area (Å²) in [5.74, 6) is 0.100. The van der Waals surface area contributed by atoms with Crippen molar-refractivity contribution in [3.05, 3.63) is 99.5 Å². The number of nitrogens with one attached hydrogen (secondary N) is 1. The van der Waals surface area contributed by atoms with E-state index in [1.54, 1.807) is 23.1 Å². The molecule has 0 saturated carbocycles. The molecule has 0 fully saturated rings. The van der Waals surface area contributed by atoms with Gasteiger partial charge in [0.25, 0.3) is 5.91 Å². The van der Waals surface area contributed by atoms with Crippen molar-refractivity contribution in [2.75, 3.05) is 6.61 Å². The summed E-state index contributed by atoms with van der Waals surface area (Å²) in [5, 5.41) is 3.63. The third-order valence-corrected chi connectivity index (χ3v) is 6.45. The van der Waals surface area contributed by atoms with E-state index in [2.05, 4.69) is 21.2 Å². The number of ether oxygens (including phenoxy) is 1. The van der Waals surface area contributed by atoms with E-state index < -0.39 is 6.04 Å². The van der Waals surface area contributed by atoms with Gasteiger partial charge >= 0.3 is 0 Å². The fourth-order valence-corrected chi connectivity index (χ4v) is 4.06. The van der Waals surface area contributed by atoms with Crippen LogP contribution < -0.4 is 10.1 Å². The highest BCUT2D eigenvalue weighted by atomic mass is 79.9. The molecule has 2 atom stereocenters. The fourth-order valence-electron chi connectivity index (χ4n) is 3.59. The summed E-state index contributed by atoms with van der Waals surface area (Å²) in [4.78, 5) is 28.6. The lowest BCUT2D eigenvalue weighted by Crippen LogP contribution is -2.53. The SMILES string of the molecule is CC[C@@H](C)NC(=O)[C@H](Cc1ccccc1)N(Cc1cccc(Cl)c1)C(=O)COc1ccc(Br)cc1. The second-order valence-electron chi connectivity index (χ2n) is 8.42. The molecule has 7 heteroatoms. The maximum atomic E-state index is 13.5. The third-order valence-electron chi connectivity index (χ3n) is 5.69. The highest BCUT2D eigenvalue weighted by Crippen LogP contribution is 2.19. The average molecular weight is 558 g/mol. The van der Waals surface area contributed by atoms with Crippen LogP contribution in [0.2, 0.25) is 5.02 Å². The Morgan fingerprint density at radius 1 is 1.00 bits per heavy atom. The van der Waals surface area contributed by atoms with E-state index in [0.717, 1.165) is 22.0 Å². The van der Waals surface area contributed by atoms with E-state index in [1.165, 1.54) is 0 Å². The molecule has 3 rings (SSSR count). The van der Waals surface area contributed by atoms with Gasteiger partial charge < -0.3 is 15.0 Å². The zero-order valence-electron chi connectivity index (χ0n) is 19.9. The quantitative estimate of drug-likeness (QED) is 0.313. The largest absolute Gasteiger partial charge is 0.484 e. The molecule has 35 heavy (non-hydrogen) atoms. The predicted molar refractivity (Wildman–Crippen MR) is 143 cm³/mol. The Morgan fingerprint density at radius 2 is 1.69 bits per heavy atom. The van der Waals surface area contributed by atoms with E-state index in [9.17, 15) is 9.59 Å². The predicted octanol–water partition coefficient (Wildman–Crippen LogP) is 6.04. The lowest BCUT2D eigenvalue weighted by molar-refractivity contribution is -0.143. The molecule has 0 bridgehead atoms. The number of hydrogen-bond acceptors (Lipinski definition) is 3. The zero-order valence-corrected chi connectivity index (χ0v) is 22.3. The first kappa shape index (κ1) is 26.8. The highest BCUT2D eigenvalue weighted by Gasteiger charge is 2.31. The maximum absolute atomic E-state index is 13.5. The molecule has 184 valence electrons. The number of carbonyl (C=O) groups excluding carboxylic acids is 2. The molecule has 0 aromatic heterocycles. The first-order chi connectivity index (χ1) is 16.9. The van der Waals surface area contributed by atoms with E-state index >= 15 is 0 Å². The molecule has 0 unspecified atom stereocenters. The molecular weight excluding hydrogens is 528 g/mol. The van der Waals surface area contributed by atoms with Crippen LogP contribution in [0.5, 0.6) is 5.75 Å². The Kier molecular flexibility index (Phi) is 10.2. The second kappa shape index (κ2) is 13.3. The average Bonchev–Trinajstić information content (AvgIpc) is 2.86. The van der Waals surface area contributed by atoms with Crippen molar-refractivity contribution in [1.82, 2.24) is 10.2 Å². The van der Waals surface area contributed by atoms with Crippen LogP contribution in [0.4, 0.5) is 0 Å². The maximum Gasteiger partial charge on any atom is 0.261 e. The number of benzene rings is 3. The molecule has 2 amide bonds. The number of rotatable bonds is 11. The normalized spacial score (nSPS) is 12.5. The van der Waals surface area contributed by atoms with Gasteiger partial charge in [-0.05, 0) is 60.9 Å². The molecule has 0 aliphatic heterocycles. The minimum Gasteiger partial charge on any atom is -0.484 e. The highest BCUT2D eigenvalue weighted by molar-refractivity contribution is 9.10. The molecule has 5 nitrogen and oxygen atoms in total. The first-order valence-electron chi connectivity index (χ1n) is 11.6. The molecule has 3 aromatic carbocycles. The van der Waals surface area contributed by atoms with Crippen molar-refractivity contribution < 1.29 is 14.3 Å². The van der Waals surface area contributed by atoms with Gasteiger partial charge in [-0.1, -0.05) is 76.9 Å². The standard InChI is InChI=1S/C28H30BrClN2O3/c1-3-20(2)31-28(34)26(17-21-8-5-4-6-9-21)32(18-22-10-7-11-24(30)16-22)27(33)19-35-25-14-12-23(29)13-15-25/h4-16,20,26H,3,17-19H2,1-2H3,(H,31,34)/t20-,26+/m1/s1. The number of amides is 2. The summed E-state index contributed by atoms with van der Waals surface area (Å²) in [6, 6.07) is 23.6. The molecule has 0 saturated heterocycles. The van der Waals surface area contributed by atoms with Gasteiger partial charge in [0.05, 0.1) is 0 Å². The summed E-state index contributed by atoms with van der Waals surface area (Å²) in [7, 11) is 0. The molecule has 3 aromatic rings. The minimum absolute atomic E-state index is 0.0112. The Bertz CT molecular complexity index is 1110. The monoisotopic (exact) mass is 556 g/mol. The van der Waals surface area contributed by atoms with Crippen molar-refractivity contribution in [2.24, 2.45) is 0 Å². The molecule has 0 aliphatic carbocycles. The van der Waals surface area contributed by atoms with Gasteiger partial charge in [0.15, 0.2) is 6.61 Å². The van der Waals surface area contributed by atoms with Gasteiger partial charge in [0.2, 0.25) is 5.91 Å². The topological polar surface area (TPSA) is 58.6 Å². The molecule has 1 N–H and O–H groups in total. The Morgan fingerprint density at radius 3 is 2.34 bits per heavy atom. The Balaban J connectivity index is 1.90. The van der Waals surface area contributed by atoms with Crippen molar-refractivity contribution in [2.45, 2.75) is 45.3 Å². The van der Waals surface area contributed by atoms with Crippen LogP contribution in [-0.4, -0.2) is 35.4 Å². The molecular formula is C28H30BrClN2O3. The van der Waals surface area contributed by atoms with Crippen LogP contribution in [0.3, 0.4) is 0 Å². The summed E-state index contributed by atoms with van der Waals surface area (Å²) >= 11 is 9.61. The minimum atomic E-state index is -0.716. The molecule has 0 radical (unpaired) electrons. The van der Waals surface area contributed by atoms with Crippen molar-refractivity contribution >= 4 is 39.3 Å². The van der Waals surface area contributed by atoms with E-state index in [0.29, 0.717) is 17.2 Å². The molecule has 0 aliphatic rings. The smallest absolute Gasteiger partial charge is 0.261 e. The first-order valence-corrected chi connectivity index (χ1v) is 12.8. The van der Waals surface area contributed by atoms with Crippen LogP contribution in [0.15, 0.2) is 83.3 Å². The van der Waals surface area contributed by atoms with Gasteiger partial charge in [0.1, 0.15) is 11.8 Å². The van der Waals surface area contributed by atoms with E-state index in [4.69, 9.17) is 16.3 Å². The number of nitrogens with zero attached hydrogens (tertiary/aromatic N) is 1. The van der Waals surface area contributed by atoms with Gasteiger partial charge in [-0.25, -0.2) is 0 Å². The third kappa shape index (κ3) is 8.41. The van der Waals surface area contributed by atoms with Gasteiger partial charge in [-0.15, -0.1) is 0 Å². The summed E-state index contributed by atoms with van der Waals surface area (Å²) in [6.07, 6.45) is 1.17. The van der Waals surface area contributed by atoms with Crippen LogP contribution in [0.25, 0.3) is 0 Å². The van der Waals surface area contributed by atoms with Crippen LogP contribution >= 0.6 is 27.5 Å². The van der Waals surface area contributed by atoms with Crippen LogP contribution in [0, 0.1) is 0 Å². The molecule has 0 spiro atoms. The lowest BCUT2D eigenvalue weighted by Gasteiger charge is -2.32. The fraction of sp³-hybridized carbons (Fsp3) is 0.286. The Labute approximate surface area is 220 Å². The van der Waals surface area contributed by atoms with Crippen molar-refractivity contribution in [3.8, 4) is 5.75 Å². The zero-order chi connectivity index (χ0) is 25.2. The second-order valence-corrected chi connectivity index (χ2v) is 9.77. The summed E-state index contributed by atoms with van der Waals surface area (Å²) < 4.78 is 6.70. The van der Waals surface area contributed by atoms with E-state index in [1.807, 2.05) is 74.5 Å².